The lowest BCUT2D eigenvalue weighted by Crippen LogP contribution is -2.15. The molecule has 0 atom stereocenters. The van der Waals surface area contributed by atoms with Gasteiger partial charge in [-0.1, -0.05) is 0 Å². The van der Waals surface area contributed by atoms with Crippen molar-refractivity contribution in [2.24, 2.45) is 0 Å². The van der Waals surface area contributed by atoms with E-state index in [0.29, 0.717) is 12.4 Å². The lowest BCUT2D eigenvalue weighted by atomic mass is 10.4. The monoisotopic (exact) mass is 195 g/mol. The molecule has 1 heterocycles. The fourth-order valence-electron chi connectivity index (χ4n) is 1.09. The van der Waals surface area contributed by atoms with E-state index in [1.165, 1.54) is 0 Å². The number of ether oxygens (including phenoxy) is 1. The molecule has 1 aromatic heterocycles. The molecule has 0 aliphatic rings. The number of aromatic nitrogens is 1. The minimum absolute atomic E-state index is 0.495. The molecule has 2 N–H and O–H groups in total. The smallest absolute Gasteiger partial charge is 0.126 e. The summed E-state index contributed by atoms with van der Waals surface area (Å²) in [5.74, 6) is 1.28. The number of nitrogen functional groups attached to an aromatic ring is 1. The lowest BCUT2D eigenvalue weighted by Gasteiger charge is -2.10. The van der Waals surface area contributed by atoms with Gasteiger partial charge >= 0.3 is 0 Å². The first-order chi connectivity index (χ1) is 6.68. The van der Waals surface area contributed by atoms with Crippen LogP contribution in [0.2, 0.25) is 0 Å². The van der Waals surface area contributed by atoms with E-state index in [9.17, 15) is 0 Å². The van der Waals surface area contributed by atoms with Crippen molar-refractivity contribution >= 4 is 5.82 Å². The summed E-state index contributed by atoms with van der Waals surface area (Å²) in [7, 11) is 4.09. The summed E-state index contributed by atoms with van der Waals surface area (Å²) in [6, 6.07) is 3.54. The summed E-state index contributed by atoms with van der Waals surface area (Å²) in [5.41, 5.74) is 5.51. The Bertz CT molecular complexity index is 276. The molecule has 0 aliphatic heterocycles. The molecular formula is C10H17N3O. The van der Waals surface area contributed by atoms with Crippen molar-refractivity contribution in [3.05, 3.63) is 18.3 Å². The molecule has 1 rings (SSSR count). The minimum Gasteiger partial charge on any atom is -0.493 e. The summed E-state index contributed by atoms with van der Waals surface area (Å²) in [4.78, 5) is 6.02. The van der Waals surface area contributed by atoms with Gasteiger partial charge in [-0.2, -0.15) is 0 Å². The Labute approximate surface area is 84.7 Å². The van der Waals surface area contributed by atoms with E-state index in [4.69, 9.17) is 10.5 Å². The molecule has 1 aromatic rings. The molecule has 0 aliphatic carbocycles. The van der Waals surface area contributed by atoms with Gasteiger partial charge in [0.25, 0.3) is 0 Å². The molecule has 0 saturated heterocycles. The number of hydrogen-bond donors (Lipinski definition) is 1. The third-order valence-corrected chi connectivity index (χ3v) is 1.77. The second kappa shape index (κ2) is 5.44. The number of rotatable bonds is 5. The van der Waals surface area contributed by atoms with Gasteiger partial charge in [-0.05, 0) is 26.6 Å². The predicted molar refractivity (Wildman–Crippen MR) is 57.3 cm³/mol. The van der Waals surface area contributed by atoms with Gasteiger partial charge in [0.1, 0.15) is 11.6 Å². The van der Waals surface area contributed by atoms with Gasteiger partial charge in [-0.25, -0.2) is 4.98 Å². The summed E-state index contributed by atoms with van der Waals surface area (Å²) in [6.45, 7) is 1.74. The molecule has 0 saturated carbocycles. The summed E-state index contributed by atoms with van der Waals surface area (Å²) in [5, 5.41) is 0. The Morgan fingerprint density at radius 2 is 2.29 bits per heavy atom. The van der Waals surface area contributed by atoms with Crippen LogP contribution in [0.15, 0.2) is 18.3 Å². The van der Waals surface area contributed by atoms with E-state index in [2.05, 4.69) is 9.88 Å². The van der Waals surface area contributed by atoms with E-state index < -0.39 is 0 Å². The van der Waals surface area contributed by atoms with Crippen LogP contribution in [-0.4, -0.2) is 37.1 Å². The molecule has 0 amide bonds. The fraction of sp³-hybridized carbons (Fsp3) is 0.500. The van der Waals surface area contributed by atoms with Gasteiger partial charge in [0.15, 0.2) is 0 Å². The van der Waals surface area contributed by atoms with E-state index in [1.54, 1.807) is 12.3 Å². The van der Waals surface area contributed by atoms with E-state index >= 15 is 0 Å². The maximum atomic E-state index is 5.51. The highest BCUT2D eigenvalue weighted by Crippen LogP contribution is 2.11. The number of nitrogens with two attached hydrogens (primary N) is 1. The largest absolute Gasteiger partial charge is 0.493 e. The average molecular weight is 195 g/mol. The van der Waals surface area contributed by atoms with Gasteiger partial charge < -0.3 is 15.4 Å². The third kappa shape index (κ3) is 4.09. The first-order valence-corrected chi connectivity index (χ1v) is 4.67. The van der Waals surface area contributed by atoms with Crippen LogP contribution in [0.3, 0.4) is 0 Å². The normalized spacial score (nSPS) is 10.5. The van der Waals surface area contributed by atoms with Crippen LogP contribution >= 0.6 is 0 Å². The van der Waals surface area contributed by atoms with E-state index in [1.807, 2.05) is 20.2 Å². The Morgan fingerprint density at radius 1 is 1.50 bits per heavy atom. The van der Waals surface area contributed by atoms with Crippen molar-refractivity contribution < 1.29 is 4.74 Å². The Hall–Kier alpha value is -1.29. The molecule has 0 unspecified atom stereocenters. The van der Waals surface area contributed by atoms with Crippen molar-refractivity contribution in [1.29, 1.82) is 0 Å². The van der Waals surface area contributed by atoms with Gasteiger partial charge in [0.2, 0.25) is 0 Å². The summed E-state index contributed by atoms with van der Waals surface area (Å²) in [6.07, 6.45) is 2.66. The van der Waals surface area contributed by atoms with Crippen molar-refractivity contribution in [2.45, 2.75) is 6.42 Å². The standard InChI is InChI=1S/C10H17N3O/c1-13(2)6-3-7-14-9-4-5-12-10(11)8-9/h4-5,8H,3,6-7H2,1-2H3,(H2,11,12). The van der Waals surface area contributed by atoms with Gasteiger partial charge in [-0.3, -0.25) is 0 Å². The van der Waals surface area contributed by atoms with Crippen LogP contribution in [0.4, 0.5) is 5.82 Å². The van der Waals surface area contributed by atoms with Crippen molar-refractivity contribution in [3.8, 4) is 5.75 Å². The van der Waals surface area contributed by atoms with Crippen LogP contribution in [0.1, 0.15) is 6.42 Å². The molecular weight excluding hydrogens is 178 g/mol. The molecule has 0 radical (unpaired) electrons. The molecule has 78 valence electrons. The predicted octanol–water partition coefficient (Wildman–Crippen LogP) is 0.994. The van der Waals surface area contributed by atoms with Crippen LogP contribution in [0, 0.1) is 0 Å². The number of anilines is 1. The molecule has 0 aromatic carbocycles. The quantitative estimate of drug-likeness (QED) is 0.712. The average Bonchev–Trinajstić information content (AvgIpc) is 2.12. The zero-order valence-electron chi connectivity index (χ0n) is 8.73. The Morgan fingerprint density at radius 3 is 2.93 bits per heavy atom. The second-order valence-electron chi connectivity index (χ2n) is 3.42. The van der Waals surface area contributed by atoms with E-state index in [-0.39, 0.29) is 0 Å². The number of hydrogen-bond acceptors (Lipinski definition) is 4. The SMILES string of the molecule is CN(C)CCCOc1ccnc(N)c1. The maximum absolute atomic E-state index is 5.51. The van der Waals surface area contributed by atoms with Crippen molar-refractivity contribution in [1.82, 2.24) is 9.88 Å². The van der Waals surface area contributed by atoms with Crippen LogP contribution < -0.4 is 10.5 Å². The molecule has 4 heteroatoms. The molecule has 0 spiro atoms. The Kier molecular flexibility index (Phi) is 4.19. The highest BCUT2D eigenvalue weighted by molar-refractivity contribution is 5.35. The summed E-state index contributed by atoms with van der Waals surface area (Å²) >= 11 is 0. The molecule has 0 bridgehead atoms. The van der Waals surface area contributed by atoms with E-state index in [0.717, 1.165) is 18.7 Å². The number of nitrogens with zero attached hydrogens (tertiary/aromatic N) is 2. The van der Waals surface area contributed by atoms with Gasteiger partial charge in [-0.15, -0.1) is 0 Å². The fourth-order valence-corrected chi connectivity index (χ4v) is 1.09. The van der Waals surface area contributed by atoms with Gasteiger partial charge in [0, 0.05) is 18.8 Å². The second-order valence-corrected chi connectivity index (χ2v) is 3.42. The Balaban J connectivity index is 2.25. The van der Waals surface area contributed by atoms with Crippen LogP contribution in [0.25, 0.3) is 0 Å². The highest BCUT2D eigenvalue weighted by atomic mass is 16.5. The van der Waals surface area contributed by atoms with Crippen molar-refractivity contribution in [2.75, 3.05) is 33.0 Å². The topological polar surface area (TPSA) is 51.4 Å². The van der Waals surface area contributed by atoms with Crippen LogP contribution in [0.5, 0.6) is 5.75 Å². The minimum atomic E-state index is 0.495. The molecule has 14 heavy (non-hydrogen) atoms. The first kappa shape index (κ1) is 10.8. The molecule has 4 nitrogen and oxygen atoms in total. The highest BCUT2D eigenvalue weighted by Gasteiger charge is 1.95. The van der Waals surface area contributed by atoms with Crippen LogP contribution in [-0.2, 0) is 0 Å². The third-order valence-electron chi connectivity index (χ3n) is 1.77. The zero-order valence-corrected chi connectivity index (χ0v) is 8.73. The van der Waals surface area contributed by atoms with Gasteiger partial charge in [0.05, 0.1) is 6.61 Å². The summed E-state index contributed by atoms with van der Waals surface area (Å²) < 4.78 is 5.49. The lowest BCUT2D eigenvalue weighted by molar-refractivity contribution is 0.281. The molecule has 0 fully saturated rings. The van der Waals surface area contributed by atoms with Crippen molar-refractivity contribution in [3.63, 3.8) is 0 Å². The first-order valence-electron chi connectivity index (χ1n) is 4.67. The maximum Gasteiger partial charge on any atom is 0.126 e. The zero-order chi connectivity index (χ0) is 10.4. The number of pyridine rings is 1.